The molecular weight excluding hydrogens is 406 g/mol. The maximum absolute atomic E-state index is 5.39. The van der Waals surface area contributed by atoms with Gasteiger partial charge in [0.25, 0.3) is 0 Å². The van der Waals surface area contributed by atoms with Gasteiger partial charge in [-0.1, -0.05) is 6.07 Å². The molecule has 1 aliphatic heterocycles. The molecule has 1 saturated heterocycles. The Labute approximate surface area is 167 Å². The maximum Gasteiger partial charge on any atom is 0.147 e. The van der Waals surface area contributed by atoms with Crippen LogP contribution in [0.5, 0.6) is 5.75 Å². The van der Waals surface area contributed by atoms with E-state index in [4.69, 9.17) is 9.84 Å². The second-order valence-electron chi connectivity index (χ2n) is 7.01. The summed E-state index contributed by atoms with van der Waals surface area (Å²) in [5, 5.41) is 4.77. The average molecular weight is 430 g/mol. The number of nitrogens with zero attached hydrogens (tertiary/aromatic N) is 4. The van der Waals surface area contributed by atoms with Gasteiger partial charge in [0.1, 0.15) is 11.6 Å². The number of hydrogen-bond donors (Lipinski definition) is 1. The van der Waals surface area contributed by atoms with Crippen LogP contribution in [-0.2, 0) is 0 Å². The van der Waals surface area contributed by atoms with Crippen molar-refractivity contribution in [1.29, 1.82) is 0 Å². The highest BCUT2D eigenvalue weighted by Gasteiger charge is 2.28. The van der Waals surface area contributed by atoms with Gasteiger partial charge in [0.2, 0.25) is 0 Å². The van der Waals surface area contributed by atoms with Crippen LogP contribution in [0.2, 0.25) is 0 Å². The number of imidazole rings is 1. The third-order valence-electron chi connectivity index (χ3n) is 5.31. The first-order valence-corrected chi connectivity index (χ1v) is 10.0. The smallest absolute Gasteiger partial charge is 0.147 e. The van der Waals surface area contributed by atoms with Crippen LogP contribution < -0.4 is 9.64 Å². The molecule has 0 spiro atoms. The van der Waals surface area contributed by atoms with Crippen molar-refractivity contribution in [2.24, 2.45) is 0 Å². The van der Waals surface area contributed by atoms with Gasteiger partial charge >= 0.3 is 0 Å². The van der Waals surface area contributed by atoms with E-state index in [1.807, 2.05) is 29.8 Å². The quantitative estimate of drug-likeness (QED) is 0.668. The number of nitrogens with one attached hydrogen (secondary N) is 1. The van der Waals surface area contributed by atoms with Crippen molar-refractivity contribution >= 4 is 21.7 Å². The lowest BCUT2D eigenvalue weighted by Gasteiger charge is -2.33. The summed E-state index contributed by atoms with van der Waals surface area (Å²) in [5.74, 6) is 2.45. The second-order valence-corrected chi connectivity index (χ2v) is 7.80. The molecule has 1 aliphatic rings. The van der Waals surface area contributed by atoms with Crippen LogP contribution in [0.25, 0.3) is 5.69 Å². The predicted octanol–water partition coefficient (Wildman–Crippen LogP) is 4.37. The van der Waals surface area contributed by atoms with Crippen molar-refractivity contribution in [3.8, 4) is 11.4 Å². The van der Waals surface area contributed by atoms with Gasteiger partial charge < -0.3 is 14.6 Å². The van der Waals surface area contributed by atoms with E-state index in [9.17, 15) is 0 Å². The maximum atomic E-state index is 5.39. The summed E-state index contributed by atoms with van der Waals surface area (Å²) < 4.78 is 8.46. The molecule has 0 saturated carbocycles. The van der Waals surface area contributed by atoms with Gasteiger partial charge in [-0.15, -0.1) is 0 Å². The Balaban J connectivity index is 1.62. The Hall–Kier alpha value is -2.28. The van der Waals surface area contributed by atoms with Crippen molar-refractivity contribution in [1.82, 2.24) is 19.7 Å². The largest absolute Gasteiger partial charge is 0.497 e. The van der Waals surface area contributed by atoms with Crippen LogP contribution in [-0.4, -0.2) is 39.9 Å². The van der Waals surface area contributed by atoms with E-state index in [0.717, 1.165) is 53.4 Å². The number of anilines is 1. The first-order chi connectivity index (χ1) is 13.1. The number of aromatic nitrogens is 4. The molecule has 27 heavy (non-hydrogen) atoms. The zero-order valence-electron chi connectivity index (χ0n) is 15.9. The molecule has 0 aliphatic carbocycles. The number of H-pyrrole nitrogens is 1. The van der Waals surface area contributed by atoms with Gasteiger partial charge in [-0.05, 0) is 54.8 Å². The predicted molar refractivity (Wildman–Crippen MR) is 110 cm³/mol. The topological polar surface area (TPSA) is 59.0 Å². The molecule has 1 aromatic carbocycles. The van der Waals surface area contributed by atoms with Gasteiger partial charge in [-0.3, -0.25) is 0 Å². The molecule has 0 bridgehead atoms. The molecule has 3 aromatic rings. The molecule has 4 rings (SSSR count). The molecule has 3 heterocycles. The van der Waals surface area contributed by atoms with Crippen LogP contribution in [0.4, 0.5) is 5.82 Å². The number of piperidine rings is 1. The summed E-state index contributed by atoms with van der Waals surface area (Å²) in [4.78, 5) is 10.2. The minimum Gasteiger partial charge on any atom is -0.497 e. The molecule has 0 atom stereocenters. The lowest BCUT2D eigenvalue weighted by atomic mass is 9.92. The molecule has 0 unspecified atom stereocenters. The number of methoxy groups -OCH3 is 1. The fourth-order valence-electron chi connectivity index (χ4n) is 3.84. The van der Waals surface area contributed by atoms with Gasteiger partial charge in [-0.2, -0.15) is 5.10 Å². The molecule has 7 heteroatoms. The number of benzene rings is 1. The van der Waals surface area contributed by atoms with E-state index in [0.29, 0.717) is 5.92 Å². The lowest BCUT2D eigenvalue weighted by Crippen LogP contribution is -2.34. The van der Waals surface area contributed by atoms with Crippen LogP contribution in [0.3, 0.4) is 0 Å². The third kappa shape index (κ3) is 3.36. The number of hydrogen-bond acceptors (Lipinski definition) is 4. The summed E-state index contributed by atoms with van der Waals surface area (Å²) in [6.07, 6.45) is 3.97. The van der Waals surface area contributed by atoms with Gasteiger partial charge in [-0.25, -0.2) is 9.67 Å². The van der Waals surface area contributed by atoms with E-state index < -0.39 is 0 Å². The number of aromatic amines is 1. The molecule has 142 valence electrons. The molecule has 6 nitrogen and oxygen atoms in total. The van der Waals surface area contributed by atoms with E-state index in [1.165, 1.54) is 11.4 Å². The molecule has 0 radical (unpaired) electrons. The first kappa shape index (κ1) is 18.1. The monoisotopic (exact) mass is 429 g/mol. The highest BCUT2D eigenvalue weighted by atomic mass is 79.9. The normalized spacial score (nSPS) is 15.3. The minimum absolute atomic E-state index is 0.514. The molecular formula is C20H24BrN5O. The van der Waals surface area contributed by atoms with E-state index in [-0.39, 0.29) is 0 Å². The minimum atomic E-state index is 0.514. The zero-order valence-corrected chi connectivity index (χ0v) is 17.5. The molecule has 2 aromatic heterocycles. The highest BCUT2D eigenvalue weighted by Crippen LogP contribution is 2.37. The summed E-state index contributed by atoms with van der Waals surface area (Å²) >= 11 is 3.76. The standard InChI is InChI=1S/C20H24BrN5O/c1-13-18(21)20(26(24-13)16-5-4-6-17(11-16)27-3)25-9-7-15(8-10-25)19-14(2)22-12-23-19/h4-6,11-12,15H,7-10H2,1-3H3,(H,22,23). The SMILES string of the molecule is COc1cccc(-n2nc(C)c(Br)c2N2CCC(c3nc[nH]c3C)CC2)c1. The Kier molecular flexibility index (Phi) is 4.95. The first-order valence-electron chi connectivity index (χ1n) is 9.23. The number of aryl methyl sites for hydroxylation is 2. The van der Waals surface area contributed by atoms with Crippen molar-refractivity contribution in [2.75, 3.05) is 25.1 Å². The van der Waals surface area contributed by atoms with Crippen LogP contribution in [0, 0.1) is 13.8 Å². The van der Waals surface area contributed by atoms with Gasteiger partial charge in [0.05, 0.1) is 35.0 Å². The molecule has 0 amide bonds. The van der Waals surface area contributed by atoms with Crippen LogP contribution in [0.15, 0.2) is 35.1 Å². The number of rotatable bonds is 4. The fraction of sp³-hybridized carbons (Fsp3) is 0.400. The van der Waals surface area contributed by atoms with Crippen molar-refractivity contribution in [2.45, 2.75) is 32.6 Å². The lowest BCUT2D eigenvalue weighted by molar-refractivity contribution is 0.414. The summed E-state index contributed by atoms with van der Waals surface area (Å²) in [6.45, 7) is 6.09. The summed E-state index contributed by atoms with van der Waals surface area (Å²) in [5.41, 5.74) is 4.39. The Morgan fingerprint density at radius 2 is 2.00 bits per heavy atom. The van der Waals surface area contributed by atoms with Crippen LogP contribution in [0.1, 0.15) is 35.8 Å². The van der Waals surface area contributed by atoms with Crippen molar-refractivity contribution in [3.63, 3.8) is 0 Å². The Morgan fingerprint density at radius 3 is 2.67 bits per heavy atom. The zero-order chi connectivity index (χ0) is 19.0. The Bertz CT molecular complexity index is 940. The van der Waals surface area contributed by atoms with Crippen molar-refractivity contribution < 1.29 is 4.74 Å². The Morgan fingerprint density at radius 1 is 1.22 bits per heavy atom. The van der Waals surface area contributed by atoms with Crippen LogP contribution >= 0.6 is 15.9 Å². The van der Waals surface area contributed by atoms with Gasteiger partial charge in [0.15, 0.2) is 0 Å². The van der Waals surface area contributed by atoms with Crippen molar-refractivity contribution in [3.05, 3.63) is 52.1 Å². The van der Waals surface area contributed by atoms with Gasteiger partial charge in [0, 0.05) is 30.8 Å². The number of halogens is 1. The number of ether oxygens (including phenoxy) is 1. The van der Waals surface area contributed by atoms with E-state index in [2.05, 4.69) is 43.8 Å². The molecule has 1 N–H and O–H groups in total. The second kappa shape index (κ2) is 7.38. The average Bonchev–Trinajstić information content (AvgIpc) is 3.25. The van der Waals surface area contributed by atoms with E-state index >= 15 is 0 Å². The summed E-state index contributed by atoms with van der Waals surface area (Å²) in [6, 6.07) is 8.02. The van der Waals surface area contributed by atoms with E-state index in [1.54, 1.807) is 13.4 Å². The highest BCUT2D eigenvalue weighted by molar-refractivity contribution is 9.10. The fourth-order valence-corrected chi connectivity index (χ4v) is 4.33. The molecule has 1 fully saturated rings. The summed E-state index contributed by atoms with van der Waals surface area (Å²) in [7, 11) is 1.69. The third-order valence-corrected chi connectivity index (χ3v) is 6.24.